The molecule has 0 bridgehead atoms. The fourth-order valence-corrected chi connectivity index (χ4v) is 3.46. The van der Waals surface area contributed by atoms with Crippen LogP contribution in [0.15, 0.2) is 36.4 Å². The predicted molar refractivity (Wildman–Crippen MR) is 115 cm³/mol. The Hall–Kier alpha value is -2.04. The van der Waals surface area contributed by atoms with Crippen LogP contribution in [0, 0.1) is 13.8 Å². The molecule has 2 amide bonds. The van der Waals surface area contributed by atoms with E-state index in [-0.39, 0.29) is 24.8 Å². The minimum absolute atomic E-state index is 0.126. The van der Waals surface area contributed by atoms with Crippen molar-refractivity contribution < 1.29 is 9.59 Å². The van der Waals surface area contributed by atoms with E-state index in [9.17, 15) is 9.59 Å². The van der Waals surface area contributed by atoms with E-state index in [0.717, 1.165) is 22.3 Å². The highest BCUT2D eigenvalue weighted by Crippen LogP contribution is 2.24. The molecule has 1 N–H and O–H groups in total. The zero-order chi connectivity index (χ0) is 20.8. The van der Waals surface area contributed by atoms with Gasteiger partial charge < -0.3 is 10.2 Å². The Morgan fingerprint density at radius 3 is 2.43 bits per heavy atom. The van der Waals surface area contributed by atoms with Gasteiger partial charge in [0, 0.05) is 23.1 Å². The Morgan fingerprint density at radius 1 is 1.07 bits per heavy atom. The number of aryl methyl sites for hydroxylation is 2. The van der Waals surface area contributed by atoms with Crippen molar-refractivity contribution in [2.24, 2.45) is 0 Å². The number of amides is 2. The van der Waals surface area contributed by atoms with E-state index in [1.807, 2.05) is 39.0 Å². The maximum absolute atomic E-state index is 13.2. The first-order chi connectivity index (χ1) is 13.2. The van der Waals surface area contributed by atoms with E-state index >= 15 is 0 Å². The molecule has 0 aliphatic heterocycles. The van der Waals surface area contributed by atoms with Gasteiger partial charge in [0.25, 0.3) is 0 Å². The standard InChI is InChI=1S/C22H26Cl2N2O2/c1-5-25-22(28)16(4)26(13-17-8-9-19(23)12-20(17)24)21(27)11-18-10-14(2)6-7-15(18)3/h6-10,12,16H,5,11,13H2,1-4H3,(H,25,28)/t16-/m0/s1. The van der Waals surface area contributed by atoms with Crippen molar-refractivity contribution in [3.05, 3.63) is 68.7 Å². The number of carbonyl (C=O) groups excluding carboxylic acids is 2. The van der Waals surface area contributed by atoms with Crippen LogP contribution in [0.5, 0.6) is 0 Å². The molecule has 28 heavy (non-hydrogen) atoms. The molecule has 0 aliphatic carbocycles. The molecule has 150 valence electrons. The first-order valence-electron chi connectivity index (χ1n) is 9.30. The Kier molecular flexibility index (Phi) is 7.90. The van der Waals surface area contributed by atoms with Crippen LogP contribution in [-0.2, 0) is 22.6 Å². The molecule has 0 radical (unpaired) electrons. The minimum atomic E-state index is -0.621. The van der Waals surface area contributed by atoms with E-state index in [0.29, 0.717) is 16.6 Å². The molecule has 0 heterocycles. The van der Waals surface area contributed by atoms with Gasteiger partial charge in [-0.1, -0.05) is 53.0 Å². The third-order valence-corrected chi connectivity index (χ3v) is 5.31. The van der Waals surface area contributed by atoms with Crippen molar-refractivity contribution in [3.63, 3.8) is 0 Å². The third-order valence-electron chi connectivity index (χ3n) is 4.72. The van der Waals surface area contributed by atoms with Gasteiger partial charge in [-0.15, -0.1) is 0 Å². The molecule has 0 aromatic heterocycles. The molecule has 6 heteroatoms. The Bertz CT molecular complexity index is 868. The van der Waals surface area contributed by atoms with Gasteiger partial charge in [0.05, 0.1) is 6.42 Å². The van der Waals surface area contributed by atoms with Gasteiger partial charge in [0.1, 0.15) is 6.04 Å². The number of rotatable bonds is 7. The van der Waals surface area contributed by atoms with Gasteiger partial charge in [0.15, 0.2) is 0 Å². The Morgan fingerprint density at radius 2 is 1.79 bits per heavy atom. The third kappa shape index (κ3) is 5.73. The van der Waals surface area contributed by atoms with Gasteiger partial charge in [-0.25, -0.2) is 0 Å². The summed E-state index contributed by atoms with van der Waals surface area (Å²) in [6.45, 7) is 8.30. The topological polar surface area (TPSA) is 49.4 Å². The monoisotopic (exact) mass is 420 g/mol. The fourth-order valence-electron chi connectivity index (χ4n) is 2.99. The summed E-state index contributed by atoms with van der Waals surface area (Å²) >= 11 is 12.3. The molecule has 2 rings (SSSR count). The zero-order valence-corrected chi connectivity index (χ0v) is 18.2. The highest BCUT2D eigenvalue weighted by Gasteiger charge is 2.26. The lowest BCUT2D eigenvalue weighted by molar-refractivity contribution is -0.140. The molecule has 1 atom stereocenters. The van der Waals surface area contributed by atoms with E-state index in [1.165, 1.54) is 0 Å². The largest absolute Gasteiger partial charge is 0.355 e. The van der Waals surface area contributed by atoms with Gasteiger partial charge in [-0.05, 0) is 56.5 Å². The number of nitrogens with one attached hydrogen (secondary N) is 1. The lowest BCUT2D eigenvalue weighted by Crippen LogP contribution is -2.48. The normalized spacial score (nSPS) is 11.8. The number of likely N-dealkylation sites (N-methyl/N-ethyl adjacent to an activating group) is 1. The first kappa shape index (κ1) is 22.3. The molecule has 0 aliphatic rings. The quantitative estimate of drug-likeness (QED) is 0.704. The summed E-state index contributed by atoms with van der Waals surface area (Å²) in [6.07, 6.45) is 0.225. The fraction of sp³-hybridized carbons (Fsp3) is 0.364. The van der Waals surface area contributed by atoms with Crippen LogP contribution in [-0.4, -0.2) is 29.3 Å². The SMILES string of the molecule is CCNC(=O)[C@H](C)N(Cc1ccc(Cl)cc1Cl)C(=O)Cc1cc(C)ccc1C. The second kappa shape index (κ2) is 9.94. The van der Waals surface area contributed by atoms with Crippen molar-refractivity contribution in [2.75, 3.05) is 6.54 Å². The summed E-state index contributed by atoms with van der Waals surface area (Å²) in [7, 11) is 0. The number of nitrogens with zero attached hydrogens (tertiary/aromatic N) is 1. The summed E-state index contributed by atoms with van der Waals surface area (Å²) in [5, 5.41) is 3.79. The highest BCUT2D eigenvalue weighted by molar-refractivity contribution is 6.35. The molecule has 0 spiro atoms. The molecule has 2 aromatic carbocycles. The average Bonchev–Trinajstić information content (AvgIpc) is 2.63. The number of hydrogen-bond donors (Lipinski definition) is 1. The number of hydrogen-bond acceptors (Lipinski definition) is 2. The summed E-state index contributed by atoms with van der Waals surface area (Å²) in [4.78, 5) is 27.2. The summed E-state index contributed by atoms with van der Waals surface area (Å²) in [5.74, 6) is -0.319. The van der Waals surface area contributed by atoms with Gasteiger partial charge in [0.2, 0.25) is 11.8 Å². The van der Waals surface area contributed by atoms with Crippen LogP contribution >= 0.6 is 23.2 Å². The van der Waals surface area contributed by atoms with Crippen molar-refractivity contribution in [1.29, 1.82) is 0 Å². The zero-order valence-electron chi connectivity index (χ0n) is 16.7. The van der Waals surface area contributed by atoms with E-state index < -0.39 is 6.04 Å². The Balaban J connectivity index is 2.32. The molecule has 0 unspecified atom stereocenters. The average molecular weight is 421 g/mol. The molecular formula is C22H26Cl2N2O2. The second-order valence-corrected chi connectivity index (χ2v) is 7.78. The van der Waals surface area contributed by atoms with Gasteiger partial charge in [-0.3, -0.25) is 9.59 Å². The van der Waals surface area contributed by atoms with Crippen molar-refractivity contribution >= 4 is 35.0 Å². The van der Waals surface area contributed by atoms with Crippen LogP contribution in [0.1, 0.15) is 36.1 Å². The van der Waals surface area contributed by atoms with Crippen LogP contribution < -0.4 is 5.32 Å². The molecule has 4 nitrogen and oxygen atoms in total. The van der Waals surface area contributed by atoms with Gasteiger partial charge in [-0.2, -0.15) is 0 Å². The van der Waals surface area contributed by atoms with Crippen LogP contribution in [0.2, 0.25) is 10.0 Å². The highest BCUT2D eigenvalue weighted by atomic mass is 35.5. The van der Waals surface area contributed by atoms with Crippen LogP contribution in [0.4, 0.5) is 0 Å². The summed E-state index contributed by atoms with van der Waals surface area (Å²) in [6, 6.07) is 10.6. The number of carbonyl (C=O) groups is 2. The van der Waals surface area contributed by atoms with Crippen LogP contribution in [0.3, 0.4) is 0 Å². The number of benzene rings is 2. The van der Waals surface area contributed by atoms with E-state index in [2.05, 4.69) is 5.32 Å². The van der Waals surface area contributed by atoms with E-state index in [1.54, 1.807) is 30.0 Å². The van der Waals surface area contributed by atoms with Crippen molar-refractivity contribution in [1.82, 2.24) is 10.2 Å². The summed E-state index contributed by atoms with van der Waals surface area (Å²) in [5.41, 5.74) is 3.85. The maximum atomic E-state index is 13.2. The Labute approximate surface area is 176 Å². The lowest BCUT2D eigenvalue weighted by atomic mass is 10.0. The predicted octanol–water partition coefficient (Wildman–Crippen LogP) is 4.71. The second-order valence-electron chi connectivity index (χ2n) is 6.93. The first-order valence-corrected chi connectivity index (χ1v) is 10.1. The van der Waals surface area contributed by atoms with E-state index in [4.69, 9.17) is 23.2 Å². The van der Waals surface area contributed by atoms with Gasteiger partial charge >= 0.3 is 0 Å². The number of halogens is 2. The molecule has 2 aromatic rings. The maximum Gasteiger partial charge on any atom is 0.242 e. The molecule has 0 saturated heterocycles. The minimum Gasteiger partial charge on any atom is -0.355 e. The smallest absolute Gasteiger partial charge is 0.242 e. The molecule has 0 fully saturated rings. The van der Waals surface area contributed by atoms with Crippen molar-refractivity contribution in [2.45, 2.75) is 46.7 Å². The van der Waals surface area contributed by atoms with Crippen LogP contribution in [0.25, 0.3) is 0 Å². The molecular weight excluding hydrogens is 395 g/mol. The lowest BCUT2D eigenvalue weighted by Gasteiger charge is -2.29. The summed E-state index contributed by atoms with van der Waals surface area (Å²) < 4.78 is 0. The van der Waals surface area contributed by atoms with Crippen molar-refractivity contribution in [3.8, 4) is 0 Å². The molecule has 0 saturated carbocycles.